The number of rotatable bonds is 4. The largest absolute Gasteiger partial charge is 0.497 e. The molecule has 0 amide bonds. The molecule has 0 aliphatic carbocycles. The predicted octanol–water partition coefficient (Wildman–Crippen LogP) is 3.70. The molecule has 1 N–H and O–H groups in total. The Labute approximate surface area is 141 Å². The van der Waals surface area contributed by atoms with Crippen LogP contribution in [-0.2, 0) is 19.5 Å². The number of ether oxygens (including phenoxy) is 1. The molecule has 0 saturated heterocycles. The van der Waals surface area contributed by atoms with E-state index in [1.807, 2.05) is 30.5 Å². The van der Waals surface area contributed by atoms with Gasteiger partial charge in [0, 0.05) is 29.5 Å². The van der Waals surface area contributed by atoms with Crippen LogP contribution in [0.4, 0.5) is 5.69 Å². The third kappa shape index (κ3) is 2.60. The maximum Gasteiger partial charge on any atom is 0.119 e. The van der Waals surface area contributed by atoms with Crippen LogP contribution < -0.4 is 10.1 Å². The molecule has 5 heteroatoms. The van der Waals surface area contributed by atoms with Crippen molar-refractivity contribution in [3.63, 3.8) is 0 Å². The van der Waals surface area contributed by atoms with Crippen molar-refractivity contribution in [1.82, 2.24) is 14.5 Å². The minimum atomic E-state index is 0.736. The van der Waals surface area contributed by atoms with E-state index in [2.05, 4.69) is 21.8 Å². The standard InChI is InChI=1S/C19H22N4O/c1-13-22-18(19-5-3-4-10-23(13)19)12-21-17-8-9-20-16-7-6-14(24-2)11-15(16)17/h6-9,11H,3-5,10,12H2,1-2H3,(H,20,21). The molecule has 4 rings (SSSR count). The fraction of sp³-hybridized carbons (Fsp3) is 0.368. The molecule has 0 atom stereocenters. The molecule has 0 saturated carbocycles. The van der Waals surface area contributed by atoms with Crippen LogP contribution in [-0.4, -0.2) is 21.6 Å². The summed E-state index contributed by atoms with van der Waals surface area (Å²) in [6.07, 6.45) is 5.48. The van der Waals surface area contributed by atoms with Crippen LogP contribution in [0.1, 0.15) is 30.1 Å². The summed E-state index contributed by atoms with van der Waals surface area (Å²) >= 11 is 0. The first-order valence-electron chi connectivity index (χ1n) is 8.48. The third-order valence-electron chi connectivity index (χ3n) is 4.79. The molecule has 1 aliphatic heterocycles. The van der Waals surface area contributed by atoms with Crippen LogP contribution >= 0.6 is 0 Å². The molecule has 0 fully saturated rings. The van der Waals surface area contributed by atoms with Gasteiger partial charge in [-0.2, -0.15) is 0 Å². The smallest absolute Gasteiger partial charge is 0.119 e. The number of imidazole rings is 1. The van der Waals surface area contributed by atoms with E-state index in [0.717, 1.165) is 47.7 Å². The second-order valence-electron chi connectivity index (χ2n) is 6.26. The number of fused-ring (bicyclic) bond motifs is 2. The maximum absolute atomic E-state index is 5.35. The highest BCUT2D eigenvalue weighted by Gasteiger charge is 2.17. The zero-order valence-electron chi connectivity index (χ0n) is 14.2. The molecule has 3 aromatic rings. The van der Waals surface area contributed by atoms with Crippen molar-refractivity contribution in [3.8, 4) is 5.75 Å². The second-order valence-corrected chi connectivity index (χ2v) is 6.26. The summed E-state index contributed by atoms with van der Waals surface area (Å²) in [5.74, 6) is 1.97. The molecule has 5 nitrogen and oxygen atoms in total. The van der Waals surface area contributed by atoms with E-state index in [-0.39, 0.29) is 0 Å². The Morgan fingerprint density at radius 2 is 2.17 bits per heavy atom. The average molecular weight is 322 g/mol. The Balaban J connectivity index is 1.63. The molecule has 124 valence electrons. The maximum atomic E-state index is 5.35. The summed E-state index contributed by atoms with van der Waals surface area (Å²) in [6.45, 7) is 3.94. The molecule has 24 heavy (non-hydrogen) atoms. The SMILES string of the molecule is COc1ccc2nccc(NCc3nc(C)n4c3CCCC4)c2c1. The number of methoxy groups -OCH3 is 1. The van der Waals surface area contributed by atoms with Gasteiger partial charge in [0.05, 0.1) is 24.9 Å². The van der Waals surface area contributed by atoms with Gasteiger partial charge in [0.15, 0.2) is 0 Å². The van der Waals surface area contributed by atoms with E-state index in [4.69, 9.17) is 9.72 Å². The average Bonchev–Trinajstić information content (AvgIpc) is 2.96. The van der Waals surface area contributed by atoms with Gasteiger partial charge < -0.3 is 14.6 Å². The van der Waals surface area contributed by atoms with Gasteiger partial charge in [-0.1, -0.05) is 0 Å². The Kier molecular flexibility index (Phi) is 3.84. The summed E-state index contributed by atoms with van der Waals surface area (Å²) in [6, 6.07) is 7.96. The number of nitrogens with zero attached hydrogens (tertiary/aromatic N) is 3. The molecule has 3 heterocycles. The molecular formula is C19H22N4O. The highest BCUT2D eigenvalue weighted by molar-refractivity contribution is 5.92. The van der Waals surface area contributed by atoms with Crippen molar-refractivity contribution < 1.29 is 4.74 Å². The monoisotopic (exact) mass is 322 g/mol. The van der Waals surface area contributed by atoms with Gasteiger partial charge >= 0.3 is 0 Å². The van der Waals surface area contributed by atoms with Crippen molar-refractivity contribution in [2.24, 2.45) is 0 Å². The summed E-state index contributed by atoms with van der Waals surface area (Å²) in [5, 5.41) is 4.62. The topological polar surface area (TPSA) is 52.0 Å². The molecule has 0 bridgehead atoms. The number of benzene rings is 1. The van der Waals surface area contributed by atoms with Gasteiger partial charge in [0.1, 0.15) is 11.6 Å². The lowest BCUT2D eigenvalue weighted by atomic mass is 10.1. The Hall–Kier alpha value is -2.56. The molecule has 1 aliphatic rings. The van der Waals surface area contributed by atoms with Gasteiger partial charge in [-0.05, 0) is 50.5 Å². The summed E-state index contributed by atoms with van der Waals surface area (Å²) in [4.78, 5) is 9.21. The van der Waals surface area contributed by atoms with Gasteiger partial charge in [-0.25, -0.2) is 4.98 Å². The van der Waals surface area contributed by atoms with Crippen molar-refractivity contribution >= 4 is 16.6 Å². The number of nitrogens with one attached hydrogen (secondary N) is 1. The second kappa shape index (κ2) is 6.15. The molecule has 0 unspecified atom stereocenters. The predicted molar refractivity (Wildman–Crippen MR) is 95.5 cm³/mol. The summed E-state index contributed by atoms with van der Waals surface area (Å²) in [5.41, 5.74) is 4.58. The van der Waals surface area contributed by atoms with Crippen LogP contribution in [0.3, 0.4) is 0 Å². The minimum absolute atomic E-state index is 0.736. The molecule has 1 aromatic carbocycles. The number of anilines is 1. The number of hydrogen-bond acceptors (Lipinski definition) is 4. The lowest BCUT2D eigenvalue weighted by Crippen LogP contribution is -2.13. The fourth-order valence-electron chi connectivity index (χ4n) is 3.54. The van der Waals surface area contributed by atoms with Crippen molar-refractivity contribution in [2.45, 2.75) is 39.3 Å². The van der Waals surface area contributed by atoms with Crippen LogP contribution in [0.15, 0.2) is 30.5 Å². The number of hydrogen-bond donors (Lipinski definition) is 1. The van der Waals surface area contributed by atoms with Gasteiger partial charge in [0.25, 0.3) is 0 Å². The number of aromatic nitrogens is 3. The van der Waals surface area contributed by atoms with E-state index in [1.54, 1.807) is 7.11 Å². The summed E-state index contributed by atoms with van der Waals surface area (Å²) in [7, 11) is 1.69. The van der Waals surface area contributed by atoms with E-state index in [9.17, 15) is 0 Å². The first-order chi connectivity index (χ1) is 11.8. The van der Waals surface area contributed by atoms with Crippen LogP contribution in [0.2, 0.25) is 0 Å². The van der Waals surface area contributed by atoms with Crippen LogP contribution in [0.25, 0.3) is 10.9 Å². The number of pyridine rings is 1. The third-order valence-corrected chi connectivity index (χ3v) is 4.79. The Morgan fingerprint density at radius 1 is 1.25 bits per heavy atom. The van der Waals surface area contributed by atoms with E-state index >= 15 is 0 Å². The van der Waals surface area contributed by atoms with E-state index < -0.39 is 0 Å². The van der Waals surface area contributed by atoms with Crippen molar-refractivity contribution in [1.29, 1.82) is 0 Å². The zero-order chi connectivity index (χ0) is 16.5. The normalized spacial score (nSPS) is 13.8. The van der Waals surface area contributed by atoms with Gasteiger partial charge in [-0.15, -0.1) is 0 Å². The highest BCUT2D eigenvalue weighted by atomic mass is 16.5. The molecule has 0 radical (unpaired) electrons. The Bertz CT molecular complexity index is 884. The Morgan fingerprint density at radius 3 is 3.04 bits per heavy atom. The molecular weight excluding hydrogens is 300 g/mol. The lowest BCUT2D eigenvalue weighted by Gasteiger charge is -2.17. The van der Waals surface area contributed by atoms with E-state index in [0.29, 0.717) is 0 Å². The molecule has 0 spiro atoms. The van der Waals surface area contributed by atoms with Gasteiger partial charge in [0.2, 0.25) is 0 Å². The van der Waals surface area contributed by atoms with Crippen molar-refractivity contribution in [3.05, 3.63) is 47.7 Å². The van der Waals surface area contributed by atoms with Crippen molar-refractivity contribution in [2.75, 3.05) is 12.4 Å². The number of aryl methyl sites for hydroxylation is 1. The first kappa shape index (κ1) is 15.0. The van der Waals surface area contributed by atoms with Gasteiger partial charge in [-0.3, -0.25) is 4.98 Å². The lowest BCUT2D eigenvalue weighted by molar-refractivity contribution is 0.415. The fourth-order valence-corrected chi connectivity index (χ4v) is 3.54. The first-order valence-corrected chi connectivity index (χ1v) is 8.48. The zero-order valence-corrected chi connectivity index (χ0v) is 14.2. The van der Waals surface area contributed by atoms with E-state index in [1.165, 1.54) is 24.2 Å². The highest BCUT2D eigenvalue weighted by Crippen LogP contribution is 2.27. The summed E-state index contributed by atoms with van der Waals surface area (Å²) < 4.78 is 7.72. The quantitative estimate of drug-likeness (QED) is 0.796. The minimum Gasteiger partial charge on any atom is -0.497 e. The molecule has 2 aromatic heterocycles. The van der Waals surface area contributed by atoms with Crippen LogP contribution in [0, 0.1) is 6.92 Å². The van der Waals surface area contributed by atoms with Crippen LogP contribution in [0.5, 0.6) is 5.75 Å².